The van der Waals surface area contributed by atoms with Gasteiger partial charge in [-0.3, -0.25) is 4.79 Å². The summed E-state index contributed by atoms with van der Waals surface area (Å²) in [5.74, 6) is -1.01. The second-order valence-electron chi connectivity index (χ2n) is 4.04. The van der Waals surface area contributed by atoms with Crippen LogP contribution in [-0.4, -0.2) is 27.0 Å². The Bertz CT molecular complexity index is 429. The number of hydrogen-bond donors (Lipinski definition) is 3. The van der Waals surface area contributed by atoms with Crippen molar-refractivity contribution in [2.75, 3.05) is 5.33 Å². The second-order valence-corrected chi connectivity index (χ2v) is 4.60. The summed E-state index contributed by atoms with van der Waals surface area (Å²) in [5.41, 5.74) is -0.0677. The summed E-state index contributed by atoms with van der Waals surface area (Å²) in [7, 11) is 0. The number of aromatic hydroxyl groups is 2. The van der Waals surface area contributed by atoms with E-state index in [1.54, 1.807) is 0 Å². The minimum Gasteiger partial charge on any atom is -0.504 e. The number of halogens is 1. The van der Waals surface area contributed by atoms with Crippen molar-refractivity contribution in [3.05, 3.63) is 23.8 Å². The van der Waals surface area contributed by atoms with Gasteiger partial charge in [-0.1, -0.05) is 22.0 Å². The molecule has 1 aliphatic rings. The molecule has 16 heavy (non-hydrogen) atoms. The van der Waals surface area contributed by atoms with Crippen LogP contribution in [0.5, 0.6) is 11.5 Å². The maximum atomic E-state index is 11.8. The van der Waals surface area contributed by atoms with Crippen LogP contribution in [0, 0.1) is 0 Å². The summed E-state index contributed by atoms with van der Waals surface area (Å²) in [5, 5.41) is 22.4. The minimum atomic E-state index is -0.370. The van der Waals surface area contributed by atoms with Crippen molar-refractivity contribution in [1.29, 1.82) is 0 Å². The van der Waals surface area contributed by atoms with Crippen molar-refractivity contribution in [3.8, 4) is 11.5 Å². The highest BCUT2D eigenvalue weighted by molar-refractivity contribution is 9.09. The first-order valence-corrected chi connectivity index (χ1v) is 6.09. The standard InChI is InChI=1S/C11H12BrNO3/c12-6-11(4-5-11)13-10(16)7-2-1-3-8(14)9(7)15/h1-3,14-15H,4-6H2,(H,13,16). The largest absolute Gasteiger partial charge is 0.504 e. The summed E-state index contributed by atoms with van der Waals surface area (Å²) in [6.07, 6.45) is 1.87. The highest BCUT2D eigenvalue weighted by atomic mass is 79.9. The number of para-hydroxylation sites is 1. The molecule has 86 valence electrons. The molecule has 0 heterocycles. The number of alkyl halides is 1. The van der Waals surface area contributed by atoms with E-state index < -0.39 is 0 Å². The van der Waals surface area contributed by atoms with Gasteiger partial charge in [0, 0.05) is 5.33 Å². The molecule has 0 unspecified atom stereocenters. The zero-order chi connectivity index (χ0) is 11.8. The first kappa shape index (κ1) is 11.3. The average molecular weight is 286 g/mol. The second kappa shape index (κ2) is 3.97. The van der Waals surface area contributed by atoms with Gasteiger partial charge in [-0.05, 0) is 25.0 Å². The molecule has 0 bridgehead atoms. The zero-order valence-corrected chi connectivity index (χ0v) is 10.1. The summed E-state index contributed by atoms with van der Waals surface area (Å²) in [4.78, 5) is 11.8. The lowest BCUT2D eigenvalue weighted by atomic mass is 10.1. The third kappa shape index (κ3) is 2.00. The molecule has 1 aliphatic carbocycles. The summed E-state index contributed by atoms with van der Waals surface area (Å²) in [6, 6.07) is 4.34. The van der Waals surface area contributed by atoms with Crippen molar-refractivity contribution in [3.63, 3.8) is 0 Å². The number of hydrogen-bond acceptors (Lipinski definition) is 3. The van der Waals surface area contributed by atoms with E-state index in [1.165, 1.54) is 18.2 Å². The predicted molar refractivity (Wildman–Crippen MR) is 63.0 cm³/mol. The molecule has 0 aromatic heterocycles. The molecule has 0 atom stereocenters. The van der Waals surface area contributed by atoms with Crippen LogP contribution < -0.4 is 5.32 Å². The molecule has 2 rings (SSSR count). The van der Waals surface area contributed by atoms with Gasteiger partial charge in [-0.2, -0.15) is 0 Å². The van der Waals surface area contributed by atoms with Crippen molar-refractivity contribution in [2.24, 2.45) is 0 Å². The van der Waals surface area contributed by atoms with Gasteiger partial charge in [0.2, 0.25) is 0 Å². The highest BCUT2D eigenvalue weighted by Gasteiger charge is 2.43. The molecule has 1 amide bonds. The van der Waals surface area contributed by atoms with Gasteiger partial charge in [-0.15, -0.1) is 0 Å². The van der Waals surface area contributed by atoms with Crippen LogP contribution in [0.2, 0.25) is 0 Å². The van der Waals surface area contributed by atoms with Crippen LogP contribution in [0.25, 0.3) is 0 Å². The number of nitrogens with one attached hydrogen (secondary N) is 1. The first-order chi connectivity index (χ1) is 7.58. The predicted octanol–water partition coefficient (Wildman–Crippen LogP) is 1.76. The topological polar surface area (TPSA) is 69.6 Å². The summed E-state index contributed by atoms with van der Waals surface area (Å²) in [6.45, 7) is 0. The molecule has 1 aromatic rings. The van der Waals surface area contributed by atoms with Crippen molar-refractivity contribution >= 4 is 21.8 Å². The van der Waals surface area contributed by atoms with Gasteiger partial charge in [-0.25, -0.2) is 0 Å². The van der Waals surface area contributed by atoms with Crippen LogP contribution in [0.15, 0.2) is 18.2 Å². The molecule has 1 aromatic carbocycles. The molecule has 0 radical (unpaired) electrons. The molecular formula is C11H12BrNO3. The average Bonchev–Trinajstić information content (AvgIpc) is 3.02. The van der Waals surface area contributed by atoms with Gasteiger partial charge in [0.05, 0.1) is 11.1 Å². The third-order valence-corrected chi connectivity index (χ3v) is 3.82. The fourth-order valence-electron chi connectivity index (χ4n) is 1.47. The maximum absolute atomic E-state index is 11.8. The first-order valence-electron chi connectivity index (χ1n) is 4.97. The Kier molecular flexibility index (Phi) is 2.80. The van der Waals surface area contributed by atoms with E-state index in [-0.39, 0.29) is 28.5 Å². The lowest BCUT2D eigenvalue weighted by Gasteiger charge is -2.14. The molecule has 1 fully saturated rings. The third-order valence-electron chi connectivity index (χ3n) is 2.75. The molecular weight excluding hydrogens is 274 g/mol. The van der Waals surface area contributed by atoms with Gasteiger partial charge in [0.25, 0.3) is 5.91 Å². The Hall–Kier alpha value is -1.23. The Morgan fingerprint density at radius 3 is 2.69 bits per heavy atom. The van der Waals surface area contributed by atoms with Crippen LogP contribution in [-0.2, 0) is 0 Å². The lowest BCUT2D eigenvalue weighted by molar-refractivity contribution is 0.0933. The minimum absolute atomic E-state index is 0.104. The Balaban J connectivity index is 2.18. The summed E-state index contributed by atoms with van der Waals surface area (Å²) >= 11 is 3.34. The SMILES string of the molecule is O=C(NC1(CBr)CC1)c1cccc(O)c1O. The van der Waals surface area contributed by atoms with E-state index in [1.807, 2.05) is 0 Å². The van der Waals surface area contributed by atoms with Crippen LogP contribution >= 0.6 is 15.9 Å². The number of carbonyl (C=O) groups excluding carboxylic acids is 1. The van der Waals surface area contributed by atoms with Crippen LogP contribution in [0.1, 0.15) is 23.2 Å². The quantitative estimate of drug-likeness (QED) is 0.585. The Labute approximate surface area is 101 Å². The molecule has 1 saturated carbocycles. The van der Waals surface area contributed by atoms with Crippen LogP contribution in [0.4, 0.5) is 0 Å². The monoisotopic (exact) mass is 285 g/mol. The highest BCUT2D eigenvalue weighted by Crippen LogP contribution is 2.38. The molecule has 0 spiro atoms. The number of phenols is 2. The van der Waals surface area contributed by atoms with E-state index in [0.717, 1.165) is 12.8 Å². The smallest absolute Gasteiger partial charge is 0.255 e. The van der Waals surface area contributed by atoms with Crippen molar-refractivity contribution < 1.29 is 15.0 Å². The number of rotatable bonds is 3. The van der Waals surface area contributed by atoms with Gasteiger partial charge >= 0.3 is 0 Å². The fourth-order valence-corrected chi connectivity index (χ4v) is 2.17. The molecule has 0 saturated heterocycles. The maximum Gasteiger partial charge on any atom is 0.255 e. The number of benzene rings is 1. The number of carbonyl (C=O) groups is 1. The molecule has 5 heteroatoms. The van der Waals surface area contributed by atoms with E-state index in [2.05, 4.69) is 21.2 Å². The van der Waals surface area contributed by atoms with E-state index in [0.29, 0.717) is 5.33 Å². The van der Waals surface area contributed by atoms with Crippen LogP contribution in [0.3, 0.4) is 0 Å². The van der Waals surface area contributed by atoms with Crippen molar-refractivity contribution in [2.45, 2.75) is 18.4 Å². The zero-order valence-electron chi connectivity index (χ0n) is 8.53. The molecule has 4 nitrogen and oxygen atoms in total. The van der Waals surface area contributed by atoms with E-state index in [4.69, 9.17) is 0 Å². The normalized spacial score (nSPS) is 16.8. The van der Waals surface area contributed by atoms with E-state index in [9.17, 15) is 15.0 Å². The van der Waals surface area contributed by atoms with Gasteiger partial charge < -0.3 is 15.5 Å². The molecule has 3 N–H and O–H groups in total. The number of amides is 1. The Morgan fingerprint density at radius 2 is 2.12 bits per heavy atom. The lowest BCUT2D eigenvalue weighted by Crippen LogP contribution is -2.38. The fraction of sp³-hybridized carbons (Fsp3) is 0.364. The van der Waals surface area contributed by atoms with E-state index >= 15 is 0 Å². The van der Waals surface area contributed by atoms with Gasteiger partial charge in [0.15, 0.2) is 11.5 Å². The number of phenolic OH excluding ortho intramolecular Hbond substituents is 2. The summed E-state index contributed by atoms with van der Waals surface area (Å²) < 4.78 is 0. The molecule has 0 aliphatic heterocycles. The van der Waals surface area contributed by atoms with Crippen molar-refractivity contribution in [1.82, 2.24) is 5.32 Å². The Morgan fingerprint density at radius 1 is 1.44 bits per heavy atom. The van der Waals surface area contributed by atoms with Gasteiger partial charge in [0.1, 0.15) is 0 Å².